The number of unbranched alkanes of at least 4 members (excludes halogenated alkanes) is 1. The molecule has 1 aromatic carbocycles. The second-order valence-electron chi connectivity index (χ2n) is 6.18. The van der Waals surface area contributed by atoms with E-state index >= 15 is 0 Å². The minimum absolute atomic E-state index is 0.151. The molecule has 5 nitrogen and oxygen atoms in total. The van der Waals surface area contributed by atoms with E-state index in [0.29, 0.717) is 19.6 Å². The predicted octanol–water partition coefficient (Wildman–Crippen LogP) is 4.56. The molecule has 1 N–H and O–H groups in total. The van der Waals surface area contributed by atoms with Gasteiger partial charge < -0.3 is 14.8 Å². The van der Waals surface area contributed by atoms with Gasteiger partial charge in [-0.1, -0.05) is 20.3 Å². The maximum atomic E-state index is 12.7. The van der Waals surface area contributed by atoms with E-state index in [4.69, 9.17) is 9.47 Å². The van der Waals surface area contributed by atoms with E-state index in [0.717, 1.165) is 35.2 Å². The maximum Gasteiger partial charge on any atom is 0.256 e. The molecule has 1 aromatic heterocycles. The molecule has 1 heterocycles. The molecule has 0 fully saturated rings. The van der Waals surface area contributed by atoms with Crippen molar-refractivity contribution in [3.8, 4) is 5.75 Å². The Hall–Kier alpha value is -2.14. The summed E-state index contributed by atoms with van der Waals surface area (Å²) in [4.78, 5) is 17.1. The zero-order valence-corrected chi connectivity index (χ0v) is 15.6. The Kier molecular flexibility index (Phi) is 6.76. The Balaban J connectivity index is 2.30. The Labute approximate surface area is 149 Å². The highest BCUT2D eigenvalue weighted by Crippen LogP contribution is 2.31. The third-order valence-electron chi connectivity index (χ3n) is 4.35. The molecule has 2 rings (SSSR count). The number of hydrogen-bond donors (Lipinski definition) is 1. The van der Waals surface area contributed by atoms with Crippen molar-refractivity contribution in [2.24, 2.45) is 0 Å². The second-order valence-corrected chi connectivity index (χ2v) is 6.18. The van der Waals surface area contributed by atoms with Crippen LogP contribution in [0.15, 0.2) is 30.5 Å². The molecule has 0 aliphatic carbocycles. The van der Waals surface area contributed by atoms with Gasteiger partial charge in [0.1, 0.15) is 16.9 Å². The normalized spacial score (nSPS) is 13.4. The number of fused-ring (bicyclic) bond motifs is 1. The van der Waals surface area contributed by atoms with Crippen LogP contribution < -0.4 is 10.1 Å². The SMILES string of the molecule is CCCCOc1ccc(NC(=O)C(C)(CC)OCC)c2cccnc12. The number of nitrogens with one attached hydrogen (secondary N) is 1. The molecule has 1 amide bonds. The number of anilines is 1. The van der Waals surface area contributed by atoms with Gasteiger partial charge in [-0.05, 0) is 51.0 Å². The van der Waals surface area contributed by atoms with Crippen LogP contribution in [0.1, 0.15) is 47.0 Å². The summed E-state index contributed by atoms with van der Waals surface area (Å²) in [6.07, 6.45) is 4.40. The number of amides is 1. The lowest BCUT2D eigenvalue weighted by Gasteiger charge is -2.27. The van der Waals surface area contributed by atoms with E-state index in [-0.39, 0.29) is 5.91 Å². The third-order valence-corrected chi connectivity index (χ3v) is 4.35. The summed E-state index contributed by atoms with van der Waals surface area (Å²) in [7, 11) is 0. The lowest BCUT2D eigenvalue weighted by atomic mass is 10.0. The summed E-state index contributed by atoms with van der Waals surface area (Å²) >= 11 is 0. The van der Waals surface area contributed by atoms with Gasteiger partial charge in [-0.25, -0.2) is 0 Å². The van der Waals surface area contributed by atoms with E-state index in [1.165, 1.54) is 0 Å². The molecule has 25 heavy (non-hydrogen) atoms. The average Bonchev–Trinajstić information content (AvgIpc) is 2.63. The van der Waals surface area contributed by atoms with Crippen molar-refractivity contribution in [2.45, 2.75) is 52.6 Å². The van der Waals surface area contributed by atoms with Crippen molar-refractivity contribution < 1.29 is 14.3 Å². The van der Waals surface area contributed by atoms with Gasteiger partial charge in [0.05, 0.1) is 12.3 Å². The number of hydrogen-bond acceptors (Lipinski definition) is 4. The van der Waals surface area contributed by atoms with Gasteiger partial charge in [0.2, 0.25) is 0 Å². The summed E-state index contributed by atoms with van der Waals surface area (Å²) in [5.41, 5.74) is 0.626. The van der Waals surface area contributed by atoms with Crippen molar-refractivity contribution in [3.05, 3.63) is 30.5 Å². The summed E-state index contributed by atoms with van der Waals surface area (Å²) in [5.74, 6) is 0.590. The van der Waals surface area contributed by atoms with E-state index in [1.54, 1.807) is 6.20 Å². The number of aromatic nitrogens is 1. The van der Waals surface area contributed by atoms with Crippen molar-refractivity contribution in [2.75, 3.05) is 18.5 Å². The molecule has 0 aliphatic rings. The molecule has 5 heteroatoms. The van der Waals surface area contributed by atoms with E-state index in [1.807, 2.05) is 45.0 Å². The molecule has 0 bridgehead atoms. The van der Waals surface area contributed by atoms with Crippen LogP contribution in [0.25, 0.3) is 10.9 Å². The summed E-state index contributed by atoms with van der Waals surface area (Å²) in [6, 6.07) is 7.53. The second kappa shape index (κ2) is 8.81. The van der Waals surface area contributed by atoms with Crippen molar-refractivity contribution in [1.82, 2.24) is 4.98 Å². The lowest BCUT2D eigenvalue weighted by molar-refractivity contribution is -0.139. The van der Waals surface area contributed by atoms with Gasteiger partial charge in [0.25, 0.3) is 5.91 Å². The fraction of sp³-hybridized carbons (Fsp3) is 0.500. The first-order valence-corrected chi connectivity index (χ1v) is 9.01. The van der Waals surface area contributed by atoms with Crippen molar-refractivity contribution in [1.29, 1.82) is 0 Å². The van der Waals surface area contributed by atoms with E-state index in [9.17, 15) is 4.79 Å². The molecule has 136 valence electrons. The van der Waals surface area contributed by atoms with Crippen molar-refractivity contribution >= 4 is 22.5 Å². The standard InChI is InChI=1S/C20H28N2O3/c1-5-8-14-24-17-12-11-16(15-10-9-13-21-18(15)17)22-19(23)20(4,6-2)25-7-3/h9-13H,5-8,14H2,1-4H3,(H,22,23). The topological polar surface area (TPSA) is 60.5 Å². The zero-order chi connectivity index (χ0) is 18.3. The molecule has 2 aromatic rings. The van der Waals surface area contributed by atoms with Crippen LogP contribution in [-0.2, 0) is 9.53 Å². The molecule has 1 atom stereocenters. The first kappa shape index (κ1) is 19.2. The number of pyridine rings is 1. The average molecular weight is 344 g/mol. The van der Waals surface area contributed by atoms with Gasteiger partial charge in [-0.2, -0.15) is 0 Å². The molecular weight excluding hydrogens is 316 g/mol. The van der Waals surface area contributed by atoms with Crippen LogP contribution >= 0.6 is 0 Å². The number of rotatable bonds is 9. The molecule has 1 unspecified atom stereocenters. The van der Waals surface area contributed by atoms with Crippen molar-refractivity contribution in [3.63, 3.8) is 0 Å². The predicted molar refractivity (Wildman–Crippen MR) is 101 cm³/mol. The number of carbonyl (C=O) groups is 1. The fourth-order valence-corrected chi connectivity index (χ4v) is 2.60. The monoisotopic (exact) mass is 344 g/mol. The first-order valence-electron chi connectivity index (χ1n) is 9.01. The van der Waals surface area contributed by atoms with Crippen LogP contribution in [0.2, 0.25) is 0 Å². The fourth-order valence-electron chi connectivity index (χ4n) is 2.60. The minimum atomic E-state index is -0.848. The largest absolute Gasteiger partial charge is 0.491 e. The molecule has 0 saturated heterocycles. The van der Waals surface area contributed by atoms with Crippen LogP contribution in [0.3, 0.4) is 0 Å². The number of ether oxygens (including phenoxy) is 2. The Morgan fingerprint density at radius 3 is 2.72 bits per heavy atom. The van der Waals surface area contributed by atoms with Crippen LogP contribution in [-0.4, -0.2) is 29.7 Å². The summed E-state index contributed by atoms with van der Waals surface area (Å²) < 4.78 is 11.5. The van der Waals surface area contributed by atoms with E-state index in [2.05, 4.69) is 17.2 Å². The van der Waals surface area contributed by atoms with Gasteiger partial charge in [-0.3, -0.25) is 9.78 Å². The van der Waals surface area contributed by atoms with Gasteiger partial charge in [0, 0.05) is 18.2 Å². The Morgan fingerprint density at radius 1 is 1.24 bits per heavy atom. The quantitative estimate of drug-likeness (QED) is 0.678. The molecule has 0 aliphatic heterocycles. The summed E-state index contributed by atoms with van der Waals surface area (Å²) in [5, 5.41) is 3.86. The van der Waals surface area contributed by atoms with Crippen LogP contribution in [0.4, 0.5) is 5.69 Å². The number of nitrogens with zero attached hydrogens (tertiary/aromatic N) is 1. The minimum Gasteiger partial charge on any atom is -0.491 e. The van der Waals surface area contributed by atoms with Gasteiger partial charge in [0.15, 0.2) is 0 Å². The number of benzene rings is 1. The van der Waals surface area contributed by atoms with Crippen LogP contribution in [0, 0.1) is 0 Å². The highest BCUT2D eigenvalue weighted by molar-refractivity contribution is 6.05. The lowest BCUT2D eigenvalue weighted by Crippen LogP contribution is -2.42. The van der Waals surface area contributed by atoms with Gasteiger partial charge in [-0.15, -0.1) is 0 Å². The Bertz CT molecular complexity index is 717. The molecule has 0 spiro atoms. The molecule has 0 saturated carbocycles. The third kappa shape index (κ3) is 4.48. The van der Waals surface area contributed by atoms with Gasteiger partial charge >= 0.3 is 0 Å². The molecule has 0 radical (unpaired) electrons. The first-order chi connectivity index (χ1) is 12.1. The van der Waals surface area contributed by atoms with E-state index < -0.39 is 5.60 Å². The Morgan fingerprint density at radius 2 is 2.04 bits per heavy atom. The number of carbonyl (C=O) groups excluding carboxylic acids is 1. The highest BCUT2D eigenvalue weighted by atomic mass is 16.5. The zero-order valence-electron chi connectivity index (χ0n) is 15.6. The summed E-state index contributed by atoms with van der Waals surface area (Å²) in [6.45, 7) is 8.93. The van der Waals surface area contributed by atoms with Crippen LogP contribution in [0.5, 0.6) is 5.75 Å². The maximum absolute atomic E-state index is 12.7. The smallest absolute Gasteiger partial charge is 0.256 e. The molecular formula is C20H28N2O3. The highest BCUT2D eigenvalue weighted by Gasteiger charge is 2.32.